The van der Waals surface area contributed by atoms with Crippen molar-refractivity contribution < 1.29 is 14.6 Å². The molecule has 1 aromatic carbocycles. The van der Waals surface area contributed by atoms with Gasteiger partial charge in [-0.05, 0) is 17.5 Å². The first-order chi connectivity index (χ1) is 11.1. The van der Waals surface area contributed by atoms with E-state index in [-0.39, 0.29) is 18.5 Å². The summed E-state index contributed by atoms with van der Waals surface area (Å²) in [5, 5.41) is 15.5. The van der Waals surface area contributed by atoms with E-state index < -0.39 is 6.04 Å². The van der Waals surface area contributed by atoms with Gasteiger partial charge in [-0.1, -0.05) is 26.0 Å². The number of pyridine rings is 1. The number of carbonyl (C=O) groups is 1. The van der Waals surface area contributed by atoms with Gasteiger partial charge in [-0.15, -0.1) is 0 Å². The Hall–Kier alpha value is -2.47. The van der Waals surface area contributed by atoms with E-state index in [1.165, 1.54) is 7.11 Å². The molecule has 6 nitrogen and oxygen atoms in total. The summed E-state index contributed by atoms with van der Waals surface area (Å²) in [5.74, 6) is -0.279. The predicted octanol–water partition coefficient (Wildman–Crippen LogP) is 2.45. The average Bonchev–Trinajstić information content (AvgIpc) is 2.98. The fourth-order valence-electron chi connectivity index (χ4n) is 2.85. The molecule has 0 aliphatic rings. The molecule has 0 spiro atoms. The van der Waals surface area contributed by atoms with Crippen LogP contribution in [0.15, 0.2) is 30.6 Å². The summed E-state index contributed by atoms with van der Waals surface area (Å²) in [4.78, 5) is 16.6. The van der Waals surface area contributed by atoms with Crippen LogP contribution in [0.2, 0.25) is 0 Å². The smallest absolute Gasteiger partial charge is 0.330 e. The highest BCUT2D eigenvalue weighted by Gasteiger charge is 2.27. The highest BCUT2D eigenvalue weighted by molar-refractivity contribution is 6.04. The van der Waals surface area contributed by atoms with E-state index in [0.717, 1.165) is 27.4 Å². The number of esters is 1. The zero-order chi connectivity index (χ0) is 16.6. The molecule has 3 aromatic rings. The minimum absolute atomic E-state index is 0.0211. The quantitative estimate of drug-likeness (QED) is 0.749. The van der Waals surface area contributed by atoms with Crippen molar-refractivity contribution >= 4 is 27.8 Å². The molecule has 0 aliphatic carbocycles. The van der Waals surface area contributed by atoms with Gasteiger partial charge in [-0.3, -0.25) is 4.98 Å². The van der Waals surface area contributed by atoms with Gasteiger partial charge < -0.3 is 9.84 Å². The summed E-state index contributed by atoms with van der Waals surface area (Å²) in [6.45, 7) is 3.89. The van der Waals surface area contributed by atoms with E-state index in [0.29, 0.717) is 0 Å². The molecule has 1 N–H and O–H groups in total. The maximum Gasteiger partial charge on any atom is 0.330 e. The summed E-state index contributed by atoms with van der Waals surface area (Å²) < 4.78 is 6.59. The van der Waals surface area contributed by atoms with Crippen LogP contribution in [0.5, 0.6) is 0 Å². The molecular weight excluding hydrogens is 294 g/mol. The number of fused-ring (bicyclic) bond motifs is 3. The Kier molecular flexibility index (Phi) is 4.00. The number of hydrogen-bond acceptors (Lipinski definition) is 5. The van der Waals surface area contributed by atoms with Crippen LogP contribution in [0.3, 0.4) is 0 Å². The van der Waals surface area contributed by atoms with E-state index in [4.69, 9.17) is 4.74 Å². The van der Waals surface area contributed by atoms with Crippen molar-refractivity contribution in [3.63, 3.8) is 0 Å². The zero-order valence-corrected chi connectivity index (χ0v) is 13.4. The number of hydrogen-bond donors (Lipinski definition) is 1. The lowest BCUT2D eigenvalue weighted by molar-refractivity contribution is -0.146. The van der Waals surface area contributed by atoms with Crippen LogP contribution in [0.25, 0.3) is 21.8 Å². The fraction of sp³-hybridized carbons (Fsp3) is 0.353. The summed E-state index contributed by atoms with van der Waals surface area (Å²) in [6, 6.07) is 5.14. The molecule has 3 rings (SSSR count). The first-order valence-electron chi connectivity index (χ1n) is 7.50. The van der Waals surface area contributed by atoms with Crippen LogP contribution < -0.4 is 0 Å². The van der Waals surface area contributed by atoms with Gasteiger partial charge in [-0.2, -0.15) is 5.10 Å². The molecule has 23 heavy (non-hydrogen) atoms. The molecule has 1 unspecified atom stereocenters. The Morgan fingerprint density at radius 1 is 1.30 bits per heavy atom. The van der Waals surface area contributed by atoms with Gasteiger partial charge in [0.05, 0.1) is 37.1 Å². The normalized spacial score (nSPS) is 12.9. The lowest BCUT2D eigenvalue weighted by atomic mass is 10.0. The predicted molar refractivity (Wildman–Crippen MR) is 86.8 cm³/mol. The van der Waals surface area contributed by atoms with Crippen LogP contribution in [-0.4, -0.2) is 33.0 Å². The number of rotatable bonds is 4. The molecule has 0 aliphatic heterocycles. The van der Waals surface area contributed by atoms with E-state index in [9.17, 15) is 9.90 Å². The Morgan fingerprint density at radius 2 is 2.09 bits per heavy atom. The van der Waals surface area contributed by atoms with Gasteiger partial charge >= 0.3 is 5.97 Å². The van der Waals surface area contributed by atoms with E-state index in [1.807, 2.05) is 32.0 Å². The summed E-state index contributed by atoms with van der Waals surface area (Å²) in [6.07, 6.45) is 3.46. The van der Waals surface area contributed by atoms with Gasteiger partial charge in [0, 0.05) is 10.8 Å². The number of aliphatic hydroxyl groups is 1. The molecule has 0 amide bonds. The van der Waals surface area contributed by atoms with Crippen LogP contribution in [0.4, 0.5) is 0 Å². The number of ether oxygens (including phenoxy) is 1. The Bertz CT molecular complexity index is 870. The molecule has 0 saturated heterocycles. The second-order valence-electron chi connectivity index (χ2n) is 5.87. The van der Waals surface area contributed by atoms with Crippen molar-refractivity contribution in [3.8, 4) is 0 Å². The Labute approximate surface area is 133 Å². The number of nitrogens with zero attached hydrogens (tertiary/aromatic N) is 3. The van der Waals surface area contributed by atoms with Gasteiger partial charge in [0.2, 0.25) is 0 Å². The summed E-state index contributed by atoms with van der Waals surface area (Å²) in [5.41, 5.74) is 2.40. The van der Waals surface area contributed by atoms with Gasteiger partial charge in [0.15, 0.2) is 6.04 Å². The van der Waals surface area contributed by atoms with Crippen molar-refractivity contribution in [1.82, 2.24) is 14.8 Å². The maximum atomic E-state index is 12.1. The maximum absolute atomic E-state index is 12.1. The molecule has 0 bridgehead atoms. The third-order valence-electron chi connectivity index (χ3n) is 4.03. The number of aliphatic hydroxyl groups excluding tert-OH is 1. The molecule has 0 saturated carbocycles. The molecular formula is C17H19N3O3. The van der Waals surface area contributed by atoms with E-state index in [1.54, 1.807) is 17.1 Å². The van der Waals surface area contributed by atoms with Crippen LogP contribution in [0, 0.1) is 5.92 Å². The Balaban J connectivity index is 2.21. The second-order valence-corrected chi connectivity index (χ2v) is 5.87. The van der Waals surface area contributed by atoms with Gasteiger partial charge in [0.25, 0.3) is 0 Å². The highest BCUT2D eigenvalue weighted by Crippen LogP contribution is 2.28. The lowest BCUT2D eigenvalue weighted by Gasteiger charge is -2.19. The third-order valence-corrected chi connectivity index (χ3v) is 4.03. The molecule has 2 heterocycles. The Morgan fingerprint density at radius 3 is 2.74 bits per heavy atom. The minimum atomic E-state index is -0.492. The summed E-state index contributed by atoms with van der Waals surface area (Å²) >= 11 is 0. The number of methoxy groups -OCH3 is 1. The number of aromatic nitrogens is 3. The van der Waals surface area contributed by atoms with Crippen molar-refractivity contribution in [2.75, 3.05) is 7.11 Å². The average molecular weight is 313 g/mol. The van der Waals surface area contributed by atoms with Crippen molar-refractivity contribution in [1.29, 1.82) is 0 Å². The standard InChI is InChI=1S/C17H19N3O3/c1-10(2)16(17(22)23-3)20-15-8-18-14-6-11(9-21)4-5-12(14)13(15)7-19-20/h4-8,10,16,21H,9H2,1-3H3. The zero-order valence-electron chi connectivity index (χ0n) is 13.4. The van der Waals surface area contributed by atoms with Crippen molar-refractivity contribution in [2.24, 2.45) is 5.92 Å². The molecule has 6 heteroatoms. The molecule has 0 fully saturated rings. The fourth-order valence-corrected chi connectivity index (χ4v) is 2.85. The second kappa shape index (κ2) is 5.96. The minimum Gasteiger partial charge on any atom is -0.467 e. The third kappa shape index (κ3) is 2.55. The lowest BCUT2D eigenvalue weighted by Crippen LogP contribution is -2.26. The number of carbonyl (C=O) groups excluding carboxylic acids is 1. The molecule has 120 valence electrons. The molecule has 1 atom stereocenters. The van der Waals surface area contributed by atoms with Crippen LogP contribution >= 0.6 is 0 Å². The first-order valence-corrected chi connectivity index (χ1v) is 7.50. The summed E-state index contributed by atoms with van der Waals surface area (Å²) in [7, 11) is 1.38. The monoisotopic (exact) mass is 313 g/mol. The SMILES string of the molecule is COC(=O)C(C(C)C)n1ncc2c3ccc(CO)cc3ncc21. The topological polar surface area (TPSA) is 77.2 Å². The van der Waals surface area contributed by atoms with Crippen LogP contribution in [0.1, 0.15) is 25.5 Å². The van der Waals surface area contributed by atoms with E-state index >= 15 is 0 Å². The molecule has 2 aromatic heterocycles. The van der Waals surface area contributed by atoms with Gasteiger partial charge in [0.1, 0.15) is 0 Å². The van der Waals surface area contributed by atoms with Crippen LogP contribution in [-0.2, 0) is 16.1 Å². The van der Waals surface area contributed by atoms with E-state index in [2.05, 4.69) is 10.1 Å². The highest BCUT2D eigenvalue weighted by atomic mass is 16.5. The number of benzene rings is 1. The van der Waals surface area contributed by atoms with Gasteiger partial charge in [-0.25, -0.2) is 9.48 Å². The van der Waals surface area contributed by atoms with Crippen molar-refractivity contribution in [3.05, 3.63) is 36.2 Å². The van der Waals surface area contributed by atoms with Crippen molar-refractivity contribution in [2.45, 2.75) is 26.5 Å². The molecule has 0 radical (unpaired) electrons. The first kappa shape index (κ1) is 15.4. The largest absolute Gasteiger partial charge is 0.467 e.